The van der Waals surface area contributed by atoms with Gasteiger partial charge in [0.25, 0.3) is 0 Å². The summed E-state index contributed by atoms with van der Waals surface area (Å²) in [6.45, 7) is 0.614. The molecule has 2 aliphatic heterocycles. The number of hydrogen-bond donors (Lipinski definition) is 2. The number of amides is 1. The van der Waals surface area contributed by atoms with Gasteiger partial charge in [-0.25, -0.2) is 4.79 Å². The van der Waals surface area contributed by atoms with Crippen LogP contribution in [0.5, 0.6) is 0 Å². The summed E-state index contributed by atoms with van der Waals surface area (Å²) in [6.07, 6.45) is -0.280. The maximum Gasteiger partial charge on any atom is 0.341 e. The second-order valence-corrected chi connectivity index (χ2v) is 2.81. The van der Waals surface area contributed by atoms with E-state index in [1.165, 1.54) is 4.90 Å². The minimum atomic E-state index is -0.972. The molecule has 0 aromatic heterocycles. The van der Waals surface area contributed by atoms with Crippen LogP contribution in [0, 0.1) is 0 Å². The van der Waals surface area contributed by atoms with Crippen LogP contribution in [0.4, 0.5) is 0 Å². The second kappa shape index (κ2) is 1.94. The van der Waals surface area contributed by atoms with E-state index < -0.39 is 12.1 Å². The van der Waals surface area contributed by atoms with Crippen molar-refractivity contribution in [3.8, 4) is 0 Å². The van der Waals surface area contributed by atoms with Crippen LogP contribution in [-0.4, -0.2) is 40.6 Å². The van der Waals surface area contributed by atoms with Crippen molar-refractivity contribution in [1.82, 2.24) is 10.2 Å². The zero-order valence-electron chi connectivity index (χ0n) is 5.78. The van der Waals surface area contributed by atoms with Crippen LogP contribution in [0.1, 0.15) is 6.42 Å². The number of carboxylic acid groups (broad SMARTS) is 1. The molecule has 60 valence electrons. The molecule has 2 N–H and O–H groups in total. The third-order valence-corrected chi connectivity index (χ3v) is 2.15. The van der Waals surface area contributed by atoms with Crippen LogP contribution in [0.15, 0.2) is 0 Å². The Balaban J connectivity index is 2.14. The van der Waals surface area contributed by atoms with Gasteiger partial charge in [-0.2, -0.15) is 0 Å². The van der Waals surface area contributed by atoms with E-state index in [-0.39, 0.29) is 11.9 Å². The molecular formula is C6H8N2O3. The zero-order valence-corrected chi connectivity index (χ0v) is 5.78. The molecule has 0 bridgehead atoms. The topological polar surface area (TPSA) is 69.6 Å². The molecule has 1 amide bonds. The molecule has 2 fully saturated rings. The van der Waals surface area contributed by atoms with Crippen molar-refractivity contribution >= 4 is 11.9 Å². The smallest absolute Gasteiger partial charge is 0.341 e. The van der Waals surface area contributed by atoms with Crippen LogP contribution in [0.3, 0.4) is 0 Å². The standard InChI is InChI=1S/C6H8N2O3/c9-4-1-3-2-7-5(6(10)11)8(3)4/h3,5,7H,1-2H2,(H,10,11). The molecule has 0 aromatic carbocycles. The number of carbonyl (C=O) groups is 2. The first-order valence-electron chi connectivity index (χ1n) is 3.47. The molecule has 0 aliphatic carbocycles. The van der Waals surface area contributed by atoms with Crippen molar-refractivity contribution in [2.45, 2.75) is 18.6 Å². The van der Waals surface area contributed by atoms with Gasteiger partial charge in [0, 0.05) is 13.0 Å². The van der Waals surface area contributed by atoms with Crippen molar-refractivity contribution in [1.29, 1.82) is 0 Å². The monoisotopic (exact) mass is 156 g/mol. The zero-order chi connectivity index (χ0) is 8.01. The Morgan fingerprint density at radius 2 is 2.45 bits per heavy atom. The van der Waals surface area contributed by atoms with Gasteiger partial charge in [-0.15, -0.1) is 0 Å². The van der Waals surface area contributed by atoms with Crippen LogP contribution < -0.4 is 5.32 Å². The average molecular weight is 156 g/mol. The first-order valence-corrected chi connectivity index (χ1v) is 3.47. The normalized spacial score (nSPS) is 34.9. The molecule has 2 aliphatic rings. The van der Waals surface area contributed by atoms with Crippen molar-refractivity contribution in [2.24, 2.45) is 0 Å². The van der Waals surface area contributed by atoms with E-state index in [9.17, 15) is 9.59 Å². The van der Waals surface area contributed by atoms with Gasteiger partial charge >= 0.3 is 5.97 Å². The van der Waals surface area contributed by atoms with Gasteiger partial charge in [0.2, 0.25) is 5.91 Å². The highest BCUT2D eigenvalue weighted by molar-refractivity contribution is 5.89. The van der Waals surface area contributed by atoms with Crippen LogP contribution >= 0.6 is 0 Å². The third kappa shape index (κ3) is 0.742. The summed E-state index contributed by atoms with van der Waals surface area (Å²) >= 11 is 0. The van der Waals surface area contributed by atoms with Gasteiger partial charge in [0.15, 0.2) is 6.17 Å². The Morgan fingerprint density at radius 1 is 1.73 bits per heavy atom. The molecule has 0 saturated carbocycles. The molecule has 5 nitrogen and oxygen atoms in total. The molecule has 2 unspecified atom stereocenters. The number of β-lactam (4-membered cyclic amide) rings is 1. The Kier molecular flexibility index (Phi) is 1.17. The van der Waals surface area contributed by atoms with E-state index in [2.05, 4.69) is 5.32 Å². The van der Waals surface area contributed by atoms with Crippen molar-refractivity contribution in [3.63, 3.8) is 0 Å². The Labute approximate surface area is 63.0 Å². The molecule has 2 rings (SSSR count). The molecule has 0 radical (unpaired) electrons. The maximum absolute atomic E-state index is 10.8. The van der Waals surface area contributed by atoms with Gasteiger partial charge in [-0.05, 0) is 0 Å². The number of fused-ring (bicyclic) bond motifs is 1. The summed E-state index contributed by atoms with van der Waals surface area (Å²) in [4.78, 5) is 22.7. The van der Waals surface area contributed by atoms with Gasteiger partial charge in [-0.3, -0.25) is 10.1 Å². The number of rotatable bonds is 1. The van der Waals surface area contributed by atoms with Crippen molar-refractivity contribution in [3.05, 3.63) is 0 Å². The molecule has 2 atom stereocenters. The number of carbonyl (C=O) groups excluding carboxylic acids is 1. The molecule has 5 heteroatoms. The molecule has 2 heterocycles. The lowest BCUT2D eigenvalue weighted by atomic mass is 10.0. The largest absolute Gasteiger partial charge is 0.479 e. The predicted molar refractivity (Wildman–Crippen MR) is 34.7 cm³/mol. The molecular weight excluding hydrogens is 148 g/mol. The van der Waals surface area contributed by atoms with E-state index in [1.807, 2.05) is 0 Å². The van der Waals surface area contributed by atoms with E-state index in [1.54, 1.807) is 0 Å². The fourth-order valence-electron chi connectivity index (χ4n) is 1.57. The lowest BCUT2D eigenvalue weighted by molar-refractivity contribution is -0.157. The van der Waals surface area contributed by atoms with E-state index in [0.29, 0.717) is 13.0 Å². The minimum Gasteiger partial charge on any atom is -0.479 e. The quantitative estimate of drug-likeness (QED) is 0.458. The summed E-state index contributed by atoms with van der Waals surface area (Å²) in [5.74, 6) is -1.03. The highest BCUT2D eigenvalue weighted by Gasteiger charge is 2.48. The summed E-state index contributed by atoms with van der Waals surface area (Å²) in [5.41, 5.74) is 0. The first kappa shape index (κ1) is 6.60. The van der Waals surface area contributed by atoms with Crippen LogP contribution in [0.25, 0.3) is 0 Å². The van der Waals surface area contributed by atoms with Crippen LogP contribution in [0.2, 0.25) is 0 Å². The third-order valence-electron chi connectivity index (χ3n) is 2.15. The fourth-order valence-corrected chi connectivity index (χ4v) is 1.57. The maximum atomic E-state index is 10.8. The minimum absolute atomic E-state index is 0.0626. The predicted octanol–water partition coefficient (Wildman–Crippen LogP) is -1.40. The van der Waals surface area contributed by atoms with E-state index in [0.717, 1.165) is 0 Å². The van der Waals surface area contributed by atoms with Gasteiger partial charge in [-0.1, -0.05) is 0 Å². The highest BCUT2D eigenvalue weighted by Crippen LogP contribution is 2.25. The lowest BCUT2D eigenvalue weighted by Gasteiger charge is -2.35. The number of hydrogen-bond acceptors (Lipinski definition) is 3. The lowest BCUT2D eigenvalue weighted by Crippen LogP contribution is -2.56. The summed E-state index contributed by atoms with van der Waals surface area (Å²) in [7, 11) is 0. The van der Waals surface area contributed by atoms with Gasteiger partial charge in [0.1, 0.15) is 0 Å². The second-order valence-electron chi connectivity index (χ2n) is 2.81. The van der Waals surface area contributed by atoms with Crippen molar-refractivity contribution < 1.29 is 14.7 Å². The summed E-state index contributed by atoms with van der Waals surface area (Å²) < 4.78 is 0. The number of nitrogens with zero attached hydrogens (tertiary/aromatic N) is 1. The molecule has 11 heavy (non-hydrogen) atoms. The van der Waals surface area contributed by atoms with E-state index in [4.69, 9.17) is 5.11 Å². The number of nitrogens with one attached hydrogen (secondary N) is 1. The molecule has 2 saturated heterocycles. The summed E-state index contributed by atoms with van der Waals surface area (Å²) in [6, 6.07) is 0.128. The van der Waals surface area contributed by atoms with Gasteiger partial charge in [0.05, 0.1) is 6.04 Å². The van der Waals surface area contributed by atoms with Gasteiger partial charge < -0.3 is 10.0 Å². The fraction of sp³-hybridized carbons (Fsp3) is 0.667. The Hall–Kier alpha value is -1.10. The average Bonchev–Trinajstić information content (AvgIpc) is 2.25. The highest BCUT2D eigenvalue weighted by atomic mass is 16.4. The summed E-state index contributed by atoms with van der Waals surface area (Å²) in [5, 5.41) is 11.4. The number of aliphatic carboxylic acids is 1. The van der Waals surface area contributed by atoms with Crippen LogP contribution in [-0.2, 0) is 9.59 Å². The Bertz CT molecular complexity index is 220. The number of carboxylic acids is 1. The molecule has 0 aromatic rings. The van der Waals surface area contributed by atoms with Crippen molar-refractivity contribution in [2.75, 3.05) is 6.54 Å². The Morgan fingerprint density at radius 3 is 2.91 bits per heavy atom. The first-order chi connectivity index (χ1) is 5.20. The SMILES string of the molecule is O=C(O)C1NCC2CC(=O)N21. The molecule has 0 spiro atoms. The van der Waals surface area contributed by atoms with E-state index >= 15 is 0 Å².